The minimum Gasteiger partial charge on any atom is -0.307 e. The predicted octanol–water partition coefficient (Wildman–Crippen LogP) is 1.03. The van der Waals surface area contributed by atoms with Gasteiger partial charge in [0.1, 0.15) is 0 Å². The molecular weight excluding hydrogens is 296 g/mol. The van der Waals surface area contributed by atoms with E-state index in [4.69, 9.17) is 0 Å². The van der Waals surface area contributed by atoms with Crippen molar-refractivity contribution in [2.75, 3.05) is 14.1 Å². The molecule has 0 bridgehead atoms. The monoisotopic (exact) mass is 322 g/mol. The summed E-state index contributed by atoms with van der Waals surface area (Å²) in [6.07, 6.45) is 3.07. The molecule has 0 saturated carbocycles. The van der Waals surface area contributed by atoms with Crippen molar-refractivity contribution in [2.45, 2.75) is 57.7 Å². The molecule has 2 heterocycles. The highest BCUT2D eigenvalue weighted by Crippen LogP contribution is 2.30. The Morgan fingerprint density at radius 3 is 1.87 bits per heavy atom. The van der Waals surface area contributed by atoms with Gasteiger partial charge in [0.05, 0.1) is 6.04 Å². The molecule has 2 aliphatic heterocycles. The van der Waals surface area contributed by atoms with E-state index in [0.29, 0.717) is 0 Å². The average molecular weight is 322 g/mol. The molecule has 128 valence electrons. The van der Waals surface area contributed by atoms with Gasteiger partial charge in [0.25, 0.3) is 0 Å². The van der Waals surface area contributed by atoms with Gasteiger partial charge >= 0.3 is 6.03 Å². The van der Waals surface area contributed by atoms with E-state index in [0.717, 1.165) is 22.6 Å². The molecule has 4 amide bonds. The zero-order chi connectivity index (χ0) is 17.6. The maximum atomic E-state index is 12.2. The molecule has 0 aromatic carbocycles. The summed E-state index contributed by atoms with van der Waals surface area (Å²) in [4.78, 5) is 42.5. The topological polar surface area (TPSA) is 82.1 Å². The Balaban J connectivity index is 2.17. The first-order valence-electron chi connectivity index (χ1n) is 7.85. The molecule has 7 nitrogen and oxygen atoms in total. The van der Waals surface area contributed by atoms with Crippen molar-refractivity contribution >= 4 is 24.1 Å². The standard InChI is InChI=1S/C16H26N4O3/c1-15(2)7-10(8-16(3,4)18-15)17-9-11-12(21)19(5)14(23)20(6)13(11)22/h9-11,18H,7-8H2,1-6H3. The quantitative estimate of drug-likeness (QED) is 0.608. The van der Waals surface area contributed by atoms with Crippen molar-refractivity contribution in [1.29, 1.82) is 0 Å². The van der Waals surface area contributed by atoms with Crippen molar-refractivity contribution in [2.24, 2.45) is 10.9 Å². The van der Waals surface area contributed by atoms with Gasteiger partial charge in [-0.25, -0.2) is 4.79 Å². The highest BCUT2D eigenvalue weighted by Gasteiger charge is 2.42. The fraction of sp³-hybridized carbons (Fsp3) is 0.750. The summed E-state index contributed by atoms with van der Waals surface area (Å²) in [5, 5.41) is 3.57. The summed E-state index contributed by atoms with van der Waals surface area (Å²) >= 11 is 0. The molecule has 0 atom stereocenters. The number of amides is 4. The van der Waals surface area contributed by atoms with Gasteiger partial charge in [-0.3, -0.25) is 24.4 Å². The van der Waals surface area contributed by atoms with Crippen LogP contribution < -0.4 is 5.32 Å². The third-order valence-electron chi connectivity index (χ3n) is 4.38. The molecule has 2 fully saturated rings. The third-order valence-corrected chi connectivity index (χ3v) is 4.38. The molecule has 0 aromatic heterocycles. The SMILES string of the molecule is CN1C(=O)C(C=NC2CC(C)(C)NC(C)(C)C2)C(=O)N(C)C1=O. The van der Waals surface area contributed by atoms with Crippen molar-refractivity contribution in [3.05, 3.63) is 0 Å². The van der Waals surface area contributed by atoms with Gasteiger partial charge in [-0.05, 0) is 40.5 Å². The van der Waals surface area contributed by atoms with Gasteiger partial charge in [-0.1, -0.05) is 0 Å². The second-order valence-corrected chi connectivity index (χ2v) is 7.81. The van der Waals surface area contributed by atoms with Crippen LogP contribution in [0.2, 0.25) is 0 Å². The molecule has 23 heavy (non-hydrogen) atoms. The van der Waals surface area contributed by atoms with Gasteiger partial charge in [0.15, 0.2) is 5.92 Å². The van der Waals surface area contributed by atoms with Crippen LogP contribution in [0.25, 0.3) is 0 Å². The van der Waals surface area contributed by atoms with Crippen molar-refractivity contribution in [3.63, 3.8) is 0 Å². The summed E-state index contributed by atoms with van der Waals surface area (Å²) in [6, 6.07) is -0.566. The van der Waals surface area contributed by atoms with Crippen LogP contribution >= 0.6 is 0 Å². The second-order valence-electron chi connectivity index (χ2n) is 7.81. The van der Waals surface area contributed by atoms with Crippen molar-refractivity contribution in [3.8, 4) is 0 Å². The summed E-state index contributed by atoms with van der Waals surface area (Å²) in [6.45, 7) is 8.47. The number of aliphatic imine (C=N–C) groups is 1. The first-order valence-corrected chi connectivity index (χ1v) is 7.85. The fourth-order valence-electron chi connectivity index (χ4n) is 3.65. The fourth-order valence-corrected chi connectivity index (χ4v) is 3.65. The zero-order valence-electron chi connectivity index (χ0n) is 14.7. The number of nitrogens with one attached hydrogen (secondary N) is 1. The van der Waals surface area contributed by atoms with Gasteiger partial charge in [-0.15, -0.1) is 0 Å². The minimum atomic E-state index is -1.01. The van der Waals surface area contributed by atoms with Gasteiger partial charge in [0, 0.05) is 31.4 Å². The molecule has 2 aliphatic rings. The Morgan fingerprint density at radius 2 is 1.43 bits per heavy atom. The number of nitrogens with zero attached hydrogens (tertiary/aromatic N) is 3. The maximum absolute atomic E-state index is 12.2. The Labute approximate surface area is 137 Å². The van der Waals surface area contributed by atoms with Crippen molar-refractivity contribution in [1.82, 2.24) is 15.1 Å². The number of barbiturate groups is 1. The number of hydrogen-bond acceptors (Lipinski definition) is 5. The molecule has 0 unspecified atom stereocenters. The zero-order valence-corrected chi connectivity index (χ0v) is 14.7. The minimum absolute atomic E-state index is 0.0371. The first-order chi connectivity index (χ1) is 10.4. The van der Waals surface area contributed by atoms with Crippen LogP contribution in [0, 0.1) is 5.92 Å². The van der Waals surface area contributed by atoms with E-state index >= 15 is 0 Å². The summed E-state index contributed by atoms with van der Waals surface area (Å²) in [7, 11) is 2.76. The Kier molecular flexibility index (Phi) is 4.36. The van der Waals surface area contributed by atoms with Crippen LogP contribution in [0.3, 0.4) is 0 Å². The van der Waals surface area contributed by atoms with E-state index in [9.17, 15) is 14.4 Å². The summed E-state index contributed by atoms with van der Waals surface area (Å²) < 4.78 is 0. The third kappa shape index (κ3) is 3.60. The lowest BCUT2D eigenvalue weighted by Crippen LogP contribution is -2.59. The molecule has 7 heteroatoms. The Morgan fingerprint density at radius 1 is 1.00 bits per heavy atom. The van der Waals surface area contributed by atoms with Crippen LogP contribution in [-0.2, 0) is 9.59 Å². The number of urea groups is 1. The molecular formula is C16H26N4O3. The number of carbonyl (C=O) groups excluding carboxylic acids is 3. The van der Waals surface area contributed by atoms with E-state index in [1.54, 1.807) is 0 Å². The highest BCUT2D eigenvalue weighted by molar-refractivity contribution is 6.23. The second kappa shape index (κ2) is 5.70. The van der Waals surface area contributed by atoms with Crippen LogP contribution in [0.5, 0.6) is 0 Å². The highest BCUT2D eigenvalue weighted by atomic mass is 16.2. The lowest BCUT2D eigenvalue weighted by molar-refractivity contribution is -0.144. The molecule has 0 aromatic rings. The number of imide groups is 2. The van der Waals surface area contributed by atoms with Crippen LogP contribution in [0.15, 0.2) is 4.99 Å². The predicted molar refractivity (Wildman–Crippen MR) is 87.2 cm³/mol. The first kappa shape index (κ1) is 17.6. The number of hydrogen-bond donors (Lipinski definition) is 1. The van der Waals surface area contributed by atoms with Gasteiger partial charge < -0.3 is 5.32 Å². The lowest BCUT2D eigenvalue weighted by Gasteiger charge is -2.45. The molecule has 2 saturated heterocycles. The Bertz CT molecular complexity index is 528. The molecule has 2 rings (SSSR count). The molecule has 1 N–H and O–H groups in total. The average Bonchev–Trinajstić information content (AvgIpc) is 2.39. The lowest BCUT2D eigenvalue weighted by atomic mass is 9.80. The molecule has 0 radical (unpaired) electrons. The number of piperidine rings is 1. The largest absolute Gasteiger partial charge is 0.332 e. The van der Waals surface area contributed by atoms with Crippen LogP contribution in [-0.4, -0.2) is 65.1 Å². The smallest absolute Gasteiger partial charge is 0.307 e. The maximum Gasteiger partial charge on any atom is 0.332 e. The van der Waals surface area contributed by atoms with E-state index < -0.39 is 23.8 Å². The summed E-state index contributed by atoms with van der Waals surface area (Å²) in [5.41, 5.74) is -0.123. The van der Waals surface area contributed by atoms with E-state index in [-0.39, 0.29) is 17.1 Å². The van der Waals surface area contributed by atoms with Crippen molar-refractivity contribution < 1.29 is 14.4 Å². The van der Waals surface area contributed by atoms with Gasteiger partial charge in [-0.2, -0.15) is 0 Å². The molecule has 0 aliphatic carbocycles. The van der Waals surface area contributed by atoms with Crippen LogP contribution in [0.1, 0.15) is 40.5 Å². The summed E-state index contributed by atoms with van der Waals surface area (Å²) in [5.74, 6) is -2.05. The van der Waals surface area contributed by atoms with E-state index in [1.807, 2.05) is 0 Å². The van der Waals surface area contributed by atoms with Crippen LogP contribution in [0.4, 0.5) is 4.79 Å². The van der Waals surface area contributed by atoms with Gasteiger partial charge in [0.2, 0.25) is 11.8 Å². The number of carbonyl (C=O) groups is 3. The van der Waals surface area contributed by atoms with E-state index in [1.165, 1.54) is 20.3 Å². The normalized spacial score (nSPS) is 26.4. The number of rotatable bonds is 2. The Hall–Kier alpha value is -1.76. The molecule has 0 spiro atoms. The van der Waals surface area contributed by atoms with E-state index in [2.05, 4.69) is 38.0 Å².